The average Bonchev–Trinajstić information content (AvgIpc) is 3.05. The van der Waals surface area contributed by atoms with Gasteiger partial charge < -0.3 is 9.73 Å². The zero-order chi connectivity index (χ0) is 19.0. The number of aromatic nitrogens is 1. The van der Waals surface area contributed by atoms with Crippen LogP contribution in [0.5, 0.6) is 0 Å². The van der Waals surface area contributed by atoms with Crippen LogP contribution in [0.1, 0.15) is 21.5 Å². The van der Waals surface area contributed by atoms with Crippen molar-refractivity contribution in [2.45, 2.75) is 13.8 Å². The summed E-state index contributed by atoms with van der Waals surface area (Å²) < 4.78 is 6.83. The molecule has 0 atom stereocenters. The Bertz CT molecular complexity index is 1150. The predicted molar refractivity (Wildman–Crippen MR) is 111 cm³/mol. The molecule has 0 bridgehead atoms. The van der Waals surface area contributed by atoms with Crippen molar-refractivity contribution in [2.75, 3.05) is 5.32 Å². The van der Waals surface area contributed by atoms with Gasteiger partial charge in [-0.15, -0.1) is 0 Å². The molecule has 134 valence electrons. The summed E-state index contributed by atoms with van der Waals surface area (Å²) in [5.74, 6) is 0.416. The van der Waals surface area contributed by atoms with Gasteiger partial charge in [-0.3, -0.25) is 4.79 Å². The molecule has 0 aliphatic heterocycles. The molecule has 4 nitrogen and oxygen atoms in total. The zero-order valence-electron chi connectivity index (χ0n) is 14.9. The molecular formula is C22H17BrN2O2. The third-order valence-corrected chi connectivity index (χ3v) is 4.89. The number of fused-ring (bicyclic) bond motifs is 1. The van der Waals surface area contributed by atoms with Gasteiger partial charge in [-0.2, -0.15) is 0 Å². The SMILES string of the molecule is Cc1ccc(C(=O)Nc2ccc3oc(-c4ccc(Br)cc4)nc3c2)c(C)c1. The van der Waals surface area contributed by atoms with Crippen molar-refractivity contribution in [3.63, 3.8) is 0 Å². The molecule has 1 aromatic heterocycles. The molecule has 0 radical (unpaired) electrons. The van der Waals surface area contributed by atoms with Crippen LogP contribution in [0.4, 0.5) is 5.69 Å². The molecule has 0 aliphatic rings. The third-order valence-electron chi connectivity index (χ3n) is 4.36. The molecule has 5 heteroatoms. The Morgan fingerprint density at radius 2 is 1.78 bits per heavy atom. The number of hydrogen-bond donors (Lipinski definition) is 1. The summed E-state index contributed by atoms with van der Waals surface area (Å²) in [7, 11) is 0. The van der Waals surface area contributed by atoms with Crippen LogP contribution < -0.4 is 5.32 Å². The van der Waals surface area contributed by atoms with Crippen LogP contribution in [-0.4, -0.2) is 10.9 Å². The Kier molecular flexibility index (Phi) is 4.54. The molecule has 27 heavy (non-hydrogen) atoms. The molecule has 0 saturated carbocycles. The monoisotopic (exact) mass is 420 g/mol. The Morgan fingerprint density at radius 3 is 2.52 bits per heavy atom. The summed E-state index contributed by atoms with van der Waals surface area (Å²) in [5, 5.41) is 2.94. The summed E-state index contributed by atoms with van der Waals surface area (Å²) in [6.45, 7) is 3.95. The first-order valence-corrected chi connectivity index (χ1v) is 9.34. The minimum Gasteiger partial charge on any atom is -0.436 e. The summed E-state index contributed by atoms with van der Waals surface area (Å²) in [5.41, 5.74) is 5.71. The number of carbonyl (C=O) groups excluding carboxylic acids is 1. The highest BCUT2D eigenvalue weighted by Crippen LogP contribution is 2.27. The minimum absolute atomic E-state index is 0.136. The maximum atomic E-state index is 12.6. The number of aryl methyl sites for hydroxylation is 2. The van der Waals surface area contributed by atoms with E-state index in [0.29, 0.717) is 28.2 Å². The first-order valence-electron chi connectivity index (χ1n) is 8.55. The van der Waals surface area contributed by atoms with E-state index in [1.165, 1.54) is 0 Å². The van der Waals surface area contributed by atoms with Crippen LogP contribution in [0.25, 0.3) is 22.6 Å². The number of anilines is 1. The van der Waals surface area contributed by atoms with E-state index in [1.807, 2.05) is 74.5 Å². The normalized spacial score (nSPS) is 10.9. The van der Waals surface area contributed by atoms with E-state index in [2.05, 4.69) is 26.2 Å². The fourth-order valence-electron chi connectivity index (χ4n) is 2.99. The second kappa shape index (κ2) is 7.00. The third kappa shape index (κ3) is 3.64. The van der Waals surface area contributed by atoms with Crippen LogP contribution in [0.2, 0.25) is 0 Å². The fraction of sp³-hybridized carbons (Fsp3) is 0.0909. The van der Waals surface area contributed by atoms with E-state index >= 15 is 0 Å². The summed E-state index contributed by atoms with van der Waals surface area (Å²) in [6, 6.07) is 19.0. The molecular weight excluding hydrogens is 404 g/mol. The lowest BCUT2D eigenvalue weighted by Gasteiger charge is -2.08. The maximum Gasteiger partial charge on any atom is 0.255 e. The van der Waals surface area contributed by atoms with Crippen molar-refractivity contribution in [3.05, 3.63) is 81.8 Å². The lowest BCUT2D eigenvalue weighted by Crippen LogP contribution is -2.13. The largest absolute Gasteiger partial charge is 0.436 e. The second-order valence-corrected chi connectivity index (χ2v) is 7.40. The quantitative estimate of drug-likeness (QED) is 0.433. The Morgan fingerprint density at radius 1 is 1.00 bits per heavy atom. The van der Waals surface area contributed by atoms with E-state index < -0.39 is 0 Å². The van der Waals surface area contributed by atoms with Crippen LogP contribution in [0, 0.1) is 13.8 Å². The molecule has 1 N–H and O–H groups in total. The number of halogens is 1. The summed E-state index contributed by atoms with van der Waals surface area (Å²) in [6.07, 6.45) is 0. The highest BCUT2D eigenvalue weighted by atomic mass is 79.9. The topological polar surface area (TPSA) is 55.1 Å². The van der Waals surface area contributed by atoms with Crippen molar-refractivity contribution in [1.29, 1.82) is 0 Å². The minimum atomic E-state index is -0.136. The fourth-order valence-corrected chi connectivity index (χ4v) is 3.25. The van der Waals surface area contributed by atoms with Gasteiger partial charge in [0.25, 0.3) is 5.91 Å². The van der Waals surface area contributed by atoms with Gasteiger partial charge in [0.2, 0.25) is 5.89 Å². The van der Waals surface area contributed by atoms with Gasteiger partial charge in [0, 0.05) is 21.3 Å². The number of oxazole rings is 1. The zero-order valence-corrected chi connectivity index (χ0v) is 16.5. The summed E-state index contributed by atoms with van der Waals surface area (Å²) in [4.78, 5) is 17.1. The van der Waals surface area contributed by atoms with Crippen molar-refractivity contribution in [3.8, 4) is 11.5 Å². The Labute approximate surface area is 165 Å². The number of amides is 1. The van der Waals surface area contributed by atoms with Crippen molar-refractivity contribution in [1.82, 2.24) is 4.98 Å². The lowest BCUT2D eigenvalue weighted by molar-refractivity contribution is 0.102. The molecule has 4 aromatic rings. The number of benzene rings is 3. The molecule has 0 spiro atoms. The lowest BCUT2D eigenvalue weighted by atomic mass is 10.1. The van der Waals surface area contributed by atoms with Crippen LogP contribution in [0.15, 0.2) is 69.6 Å². The molecule has 1 amide bonds. The number of rotatable bonds is 3. The molecule has 3 aromatic carbocycles. The highest BCUT2D eigenvalue weighted by Gasteiger charge is 2.12. The van der Waals surface area contributed by atoms with E-state index in [0.717, 1.165) is 21.2 Å². The van der Waals surface area contributed by atoms with Crippen LogP contribution >= 0.6 is 15.9 Å². The molecule has 0 fully saturated rings. The van der Waals surface area contributed by atoms with E-state index in [4.69, 9.17) is 4.42 Å². The number of carbonyl (C=O) groups is 1. The predicted octanol–water partition coefficient (Wildman–Crippen LogP) is 6.13. The Balaban J connectivity index is 1.61. The first-order chi connectivity index (χ1) is 13.0. The van der Waals surface area contributed by atoms with Crippen molar-refractivity contribution in [2.24, 2.45) is 0 Å². The first kappa shape index (κ1) is 17.5. The molecule has 4 rings (SSSR count). The van der Waals surface area contributed by atoms with Gasteiger partial charge >= 0.3 is 0 Å². The van der Waals surface area contributed by atoms with Crippen LogP contribution in [0.3, 0.4) is 0 Å². The summed E-state index contributed by atoms with van der Waals surface area (Å²) >= 11 is 3.42. The number of nitrogens with one attached hydrogen (secondary N) is 1. The van der Waals surface area contributed by atoms with Crippen molar-refractivity contribution >= 4 is 38.6 Å². The second-order valence-electron chi connectivity index (χ2n) is 6.48. The molecule has 0 aliphatic carbocycles. The van der Waals surface area contributed by atoms with Gasteiger partial charge in [-0.05, 0) is 67.9 Å². The van der Waals surface area contributed by atoms with E-state index in [-0.39, 0.29) is 5.91 Å². The Hall–Kier alpha value is -2.92. The standard InChI is InChI=1S/C22H17BrN2O2/c1-13-3-9-18(14(2)11-13)21(26)24-17-8-10-20-19(12-17)25-22(27-20)15-4-6-16(23)7-5-15/h3-12H,1-2H3,(H,24,26). The molecule has 0 unspecified atom stereocenters. The maximum absolute atomic E-state index is 12.6. The van der Waals surface area contributed by atoms with Gasteiger partial charge in [0.05, 0.1) is 0 Å². The van der Waals surface area contributed by atoms with E-state index in [9.17, 15) is 4.79 Å². The molecule has 0 saturated heterocycles. The van der Waals surface area contributed by atoms with E-state index in [1.54, 1.807) is 0 Å². The van der Waals surface area contributed by atoms with Gasteiger partial charge in [0.15, 0.2) is 5.58 Å². The number of hydrogen-bond acceptors (Lipinski definition) is 3. The van der Waals surface area contributed by atoms with Crippen molar-refractivity contribution < 1.29 is 9.21 Å². The van der Waals surface area contributed by atoms with Gasteiger partial charge in [0.1, 0.15) is 5.52 Å². The van der Waals surface area contributed by atoms with Gasteiger partial charge in [-0.1, -0.05) is 33.6 Å². The number of nitrogens with zero attached hydrogens (tertiary/aromatic N) is 1. The molecule has 1 heterocycles. The highest BCUT2D eigenvalue weighted by molar-refractivity contribution is 9.10. The van der Waals surface area contributed by atoms with Gasteiger partial charge in [-0.25, -0.2) is 4.98 Å². The smallest absolute Gasteiger partial charge is 0.255 e. The van der Waals surface area contributed by atoms with Crippen LogP contribution in [-0.2, 0) is 0 Å². The average molecular weight is 421 g/mol.